The van der Waals surface area contributed by atoms with Crippen LogP contribution in [0.4, 0.5) is 0 Å². The first-order valence-electron chi connectivity index (χ1n) is 11.1. The first-order valence-corrected chi connectivity index (χ1v) is 11.1. The standard InChI is InChI=1S/C26H32N4O3/c1-18(2)13-14-33-24-12-11-22(15-25(24)32-5)26(31)28-27-16-23-19(3)29-30(20(23)4)17-21-9-7-6-8-10-21/h6-12,15-16,18H,13-14,17H2,1-5H3,(H,28,31)/b27-16+. The van der Waals surface area contributed by atoms with Crippen LogP contribution in [-0.2, 0) is 6.54 Å². The van der Waals surface area contributed by atoms with Gasteiger partial charge in [0, 0.05) is 16.8 Å². The predicted octanol–water partition coefficient (Wildman–Crippen LogP) is 4.75. The number of carbonyl (C=O) groups is 1. The van der Waals surface area contributed by atoms with Gasteiger partial charge in [0.15, 0.2) is 11.5 Å². The van der Waals surface area contributed by atoms with E-state index in [4.69, 9.17) is 9.47 Å². The van der Waals surface area contributed by atoms with Crippen LogP contribution in [0.25, 0.3) is 0 Å². The molecule has 0 unspecified atom stereocenters. The zero-order valence-corrected chi connectivity index (χ0v) is 20.0. The molecule has 2 aromatic carbocycles. The van der Waals surface area contributed by atoms with Gasteiger partial charge in [-0.1, -0.05) is 44.2 Å². The van der Waals surface area contributed by atoms with Gasteiger partial charge in [0.1, 0.15) is 0 Å². The average molecular weight is 449 g/mol. The number of hydrogen-bond acceptors (Lipinski definition) is 5. The molecule has 7 nitrogen and oxygen atoms in total. The van der Waals surface area contributed by atoms with E-state index in [1.54, 1.807) is 31.5 Å². The van der Waals surface area contributed by atoms with Gasteiger partial charge in [-0.2, -0.15) is 10.2 Å². The van der Waals surface area contributed by atoms with Crippen molar-refractivity contribution < 1.29 is 14.3 Å². The van der Waals surface area contributed by atoms with Gasteiger partial charge in [0.05, 0.1) is 32.2 Å². The van der Waals surface area contributed by atoms with Crippen molar-refractivity contribution in [1.29, 1.82) is 0 Å². The van der Waals surface area contributed by atoms with Crippen molar-refractivity contribution >= 4 is 12.1 Å². The van der Waals surface area contributed by atoms with Crippen LogP contribution in [0.3, 0.4) is 0 Å². The SMILES string of the molecule is COc1cc(C(=O)N/N=C/c2c(C)nn(Cc3ccccc3)c2C)ccc1OCCC(C)C. The molecule has 0 spiro atoms. The summed E-state index contributed by atoms with van der Waals surface area (Å²) in [6, 6.07) is 15.3. The van der Waals surface area contributed by atoms with Gasteiger partial charge in [0.2, 0.25) is 0 Å². The van der Waals surface area contributed by atoms with Gasteiger partial charge in [0.25, 0.3) is 5.91 Å². The van der Waals surface area contributed by atoms with E-state index in [1.165, 1.54) is 5.56 Å². The van der Waals surface area contributed by atoms with Crippen LogP contribution in [0.1, 0.15) is 53.1 Å². The number of carbonyl (C=O) groups excluding carboxylic acids is 1. The second-order valence-corrected chi connectivity index (χ2v) is 8.32. The molecule has 0 radical (unpaired) electrons. The quantitative estimate of drug-likeness (QED) is 0.359. The number of nitrogens with zero attached hydrogens (tertiary/aromatic N) is 3. The monoisotopic (exact) mass is 448 g/mol. The second-order valence-electron chi connectivity index (χ2n) is 8.32. The molecule has 0 saturated heterocycles. The van der Waals surface area contributed by atoms with Crippen LogP contribution in [-0.4, -0.2) is 35.6 Å². The van der Waals surface area contributed by atoms with Crippen molar-refractivity contribution in [3.63, 3.8) is 0 Å². The molecular formula is C26H32N4O3. The summed E-state index contributed by atoms with van der Waals surface area (Å²) in [6.45, 7) is 9.49. The molecule has 0 atom stereocenters. The number of methoxy groups -OCH3 is 1. The highest BCUT2D eigenvalue weighted by Crippen LogP contribution is 2.28. The van der Waals surface area contributed by atoms with E-state index >= 15 is 0 Å². The number of hydrogen-bond donors (Lipinski definition) is 1. The van der Waals surface area contributed by atoms with Crippen molar-refractivity contribution in [1.82, 2.24) is 15.2 Å². The third-order valence-corrected chi connectivity index (χ3v) is 5.35. The van der Waals surface area contributed by atoms with Gasteiger partial charge in [-0.25, -0.2) is 5.43 Å². The summed E-state index contributed by atoms with van der Waals surface area (Å²) in [4.78, 5) is 12.6. The fourth-order valence-corrected chi connectivity index (χ4v) is 3.36. The molecule has 0 aliphatic heterocycles. The lowest BCUT2D eigenvalue weighted by Gasteiger charge is -2.12. The fourth-order valence-electron chi connectivity index (χ4n) is 3.36. The Labute approximate surface area is 195 Å². The largest absolute Gasteiger partial charge is 0.493 e. The maximum absolute atomic E-state index is 12.6. The van der Waals surface area contributed by atoms with Crippen molar-refractivity contribution in [3.05, 3.63) is 76.6 Å². The summed E-state index contributed by atoms with van der Waals surface area (Å²) in [5.41, 5.74) is 6.92. The van der Waals surface area contributed by atoms with Crippen LogP contribution < -0.4 is 14.9 Å². The molecule has 0 saturated carbocycles. The van der Waals surface area contributed by atoms with E-state index in [9.17, 15) is 4.79 Å². The van der Waals surface area contributed by atoms with Crippen molar-refractivity contribution in [2.45, 2.75) is 40.7 Å². The Morgan fingerprint density at radius 1 is 1.15 bits per heavy atom. The Morgan fingerprint density at radius 3 is 2.61 bits per heavy atom. The molecule has 0 aliphatic rings. The molecule has 1 amide bonds. The van der Waals surface area contributed by atoms with Crippen LogP contribution in [0.2, 0.25) is 0 Å². The Balaban J connectivity index is 1.65. The summed E-state index contributed by atoms with van der Waals surface area (Å²) in [5.74, 6) is 1.36. The molecule has 174 valence electrons. The highest BCUT2D eigenvalue weighted by molar-refractivity contribution is 5.95. The third kappa shape index (κ3) is 6.44. The number of nitrogens with one attached hydrogen (secondary N) is 1. The summed E-state index contributed by atoms with van der Waals surface area (Å²) in [6.07, 6.45) is 2.58. The van der Waals surface area contributed by atoms with E-state index in [2.05, 4.69) is 41.6 Å². The lowest BCUT2D eigenvalue weighted by molar-refractivity contribution is 0.0954. The number of benzene rings is 2. The summed E-state index contributed by atoms with van der Waals surface area (Å²) in [7, 11) is 1.56. The molecule has 3 rings (SSSR count). The molecule has 33 heavy (non-hydrogen) atoms. The van der Waals surface area contributed by atoms with Crippen LogP contribution in [0.15, 0.2) is 53.6 Å². The highest BCUT2D eigenvalue weighted by atomic mass is 16.5. The number of amides is 1. The molecule has 0 aliphatic carbocycles. The summed E-state index contributed by atoms with van der Waals surface area (Å²) >= 11 is 0. The number of aromatic nitrogens is 2. The Bertz CT molecular complexity index is 1100. The van der Waals surface area contributed by atoms with Crippen LogP contribution in [0, 0.1) is 19.8 Å². The smallest absolute Gasteiger partial charge is 0.271 e. The molecule has 0 bridgehead atoms. The van der Waals surface area contributed by atoms with E-state index in [1.807, 2.05) is 36.7 Å². The average Bonchev–Trinajstić information content (AvgIpc) is 3.06. The third-order valence-electron chi connectivity index (χ3n) is 5.35. The van der Waals surface area contributed by atoms with E-state index in [-0.39, 0.29) is 5.91 Å². The number of aryl methyl sites for hydroxylation is 1. The van der Waals surface area contributed by atoms with Gasteiger partial charge < -0.3 is 9.47 Å². The topological polar surface area (TPSA) is 77.7 Å². The number of ether oxygens (including phenoxy) is 2. The predicted molar refractivity (Wildman–Crippen MR) is 130 cm³/mol. The maximum Gasteiger partial charge on any atom is 0.271 e. The molecule has 1 heterocycles. The fraction of sp³-hybridized carbons (Fsp3) is 0.346. The molecule has 1 aromatic heterocycles. The van der Waals surface area contributed by atoms with E-state index in [0.29, 0.717) is 36.1 Å². The maximum atomic E-state index is 12.6. The number of rotatable bonds is 10. The Hall–Kier alpha value is -3.61. The zero-order valence-electron chi connectivity index (χ0n) is 20.0. The molecule has 7 heteroatoms. The van der Waals surface area contributed by atoms with Crippen LogP contribution in [0.5, 0.6) is 11.5 Å². The normalized spacial score (nSPS) is 11.2. The first kappa shape index (κ1) is 24.0. The molecular weight excluding hydrogens is 416 g/mol. The van der Waals surface area contributed by atoms with Gasteiger partial charge in [-0.3, -0.25) is 9.48 Å². The van der Waals surface area contributed by atoms with Gasteiger partial charge in [-0.05, 0) is 49.9 Å². The van der Waals surface area contributed by atoms with Gasteiger partial charge >= 0.3 is 0 Å². The summed E-state index contributed by atoms with van der Waals surface area (Å²) in [5, 5.41) is 8.77. The summed E-state index contributed by atoms with van der Waals surface area (Å²) < 4.78 is 13.1. The Morgan fingerprint density at radius 2 is 1.91 bits per heavy atom. The van der Waals surface area contributed by atoms with Crippen LogP contribution >= 0.6 is 0 Å². The molecule has 1 N–H and O–H groups in total. The van der Waals surface area contributed by atoms with E-state index < -0.39 is 0 Å². The lowest BCUT2D eigenvalue weighted by Crippen LogP contribution is -2.18. The number of hydrazone groups is 1. The van der Waals surface area contributed by atoms with Crippen molar-refractivity contribution in [2.24, 2.45) is 11.0 Å². The zero-order chi connectivity index (χ0) is 23.8. The second kappa shape index (κ2) is 11.3. The Kier molecular flexibility index (Phi) is 8.24. The van der Waals surface area contributed by atoms with Crippen molar-refractivity contribution in [3.8, 4) is 11.5 Å². The minimum atomic E-state index is -0.328. The minimum absolute atomic E-state index is 0.328. The first-order chi connectivity index (χ1) is 15.9. The van der Waals surface area contributed by atoms with Crippen molar-refractivity contribution in [2.75, 3.05) is 13.7 Å². The molecule has 3 aromatic rings. The minimum Gasteiger partial charge on any atom is -0.493 e. The van der Waals surface area contributed by atoms with E-state index in [0.717, 1.165) is 23.4 Å². The highest BCUT2D eigenvalue weighted by Gasteiger charge is 2.13. The molecule has 0 fully saturated rings. The lowest BCUT2D eigenvalue weighted by atomic mass is 10.1. The van der Waals surface area contributed by atoms with Gasteiger partial charge in [-0.15, -0.1) is 0 Å².